The Morgan fingerprint density at radius 1 is 1.12 bits per heavy atom. The maximum atomic E-state index is 13.0. The fourth-order valence-corrected chi connectivity index (χ4v) is 4.00. The molecule has 1 saturated heterocycles. The second kappa shape index (κ2) is 8.65. The molecule has 0 saturated carbocycles. The van der Waals surface area contributed by atoms with E-state index < -0.39 is 5.60 Å². The van der Waals surface area contributed by atoms with Crippen LogP contribution < -0.4 is 0 Å². The number of para-hydroxylation sites is 1. The third-order valence-electron chi connectivity index (χ3n) is 5.77. The van der Waals surface area contributed by atoms with Gasteiger partial charge in [0.2, 0.25) is 0 Å². The van der Waals surface area contributed by atoms with Crippen LogP contribution in [0.5, 0.6) is 0 Å². The highest BCUT2D eigenvalue weighted by atomic mass is 16.6. The number of aromatic nitrogens is 2. The number of rotatable bonds is 4. The van der Waals surface area contributed by atoms with Gasteiger partial charge in [0.1, 0.15) is 5.60 Å². The number of hydrogen-bond acceptors (Lipinski definition) is 4. The molecule has 1 atom stereocenters. The van der Waals surface area contributed by atoms with Crippen molar-refractivity contribution in [1.82, 2.24) is 19.6 Å². The molecule has 1 unspecified atom stereocenters. The van der Waals surface area contributed by atoms with Crippen molar-refractivity contribution in [2.75, 3.05) is 20.1 Å². The Morgan fingerprint density at radius 2 is 1.84 bits per heavy atom. The van der Waals surface area contributed by atoms with E-state index in [1.807, 2.05) is 74.1 Å². The van der Waals surface area contributed by atoms with Crippen molar-refractivity contribution in [3.8, 4) is 0 Å². The summed E-state index contributed by atoms with van der Waals surface area (Å²) >= 11 is 0. The van der Waals surface area contributed by atoms with Crippen molar-refractivity contribution in [3.05, 3.63) is 65.9 Å². The van der Waals surface area contributed by atoms with Crippen LogP contribution in [-0.2, 0) is 11.3 Å². The lowest BCUT2D eigenvalue weighted by molar-refractivity contribution is 0.0279. The summed E-state index contributed by atoms with van der Waals surface area (Å²) in [5.41, 5.74) is 2.27. The van der Waals surface area contributed by atoms with Crippen molar-refractivity contribution < 1.29 is 14.3 Å². The summed E-state index contributed by atoms with van der Waals surface area (Å²) in [5, 5.41) is 5.58. The van der Waals surface area contributed by atoms with E-state index in [-0.39, 0.29) is 18.0 Å². The average Bonchev–Trinajstić information content (AvgIpc) is 3.40. The Kier molecular flexibility index (Phi) is 5.91. The van der Waals surface area contributed by atoms with Crippen molar-refractivity contribution in [2.24, 2.45) is 0 Å². The van der Waals surface area contributed by atoms with Crippen molar-refractivity contribution in [3.63, 3.8) is 0 Å². The van der Waals surface area contributed by atoms with E-state index in [0.29, 0.717) is 25.2 Å². The number of fused-ring (bicyclic) bond motifs is 1. The van der Waals surface area contributed by atoms with Gasteiger partial charge in [0.25, 0.3) is 5.91 Å². The standard InChI is InChI=1S/C25H30N4O3/c1-25(2,3)32-24(31)28-14-13-21(17-28)27(4)23(30)19-11-9-18(10-12-19)16-29-22-8-6-5-7-20(22)15-26-29/h5-12,15,21H,13-14,16-17H2,1-4H3. The van der Waals surface area contributed by atoms with Gasteiger partial charge in [-0.1, -0.05) is 30.3 Å². The van der Waals surface area contributed by atoms with Crippen LogP contribution in [0, 0.1) is 0 Å². The number of nitrogens with zero attached hydrogens (tertiary/aromatic N) is 4. The molecular formula is C25H30N4O3. The largest absolute Gasteiger partial charge is 0.444 e. The van der Waals surface area contributed by atoms with Crippen LogP contribution in [0.15, 0.2) is 54.7 Å². The van der Waals surface area contributed by atoms with Gasteiger partial charge in [-0.25, -0.2) is 4.79 Å². The summed E-state index contributed by atoms with van der Waals surface area (Å²) in [6.07, 6.45) is 2.28. The van der Waals surface area contributed by atoms with Crippen LogP contribution in [0.2, 0.25) is 0 Å². The van der Waals surface area contributed by atoms with Gasteiger partial charge in [0, 0.05) is 31.1 Å². The van der Waals surface area contributed by atoms with Crippen LogP contribution in [-0.4, -0.2) is 63.4 Å². The van der Waals surface area contributed by atoms with Crippen LogP contribution in [0.3, 0.4) is 0 Å². The zero-order chi connectivity index (χ0) is 22.9. The normalized spacial score (nSPS) is 16.4. The summed E-state index contributed by atoms with van der Waals surface area (Å²) in [6, 6.07) is 15.7. The monoisotopic (exact) mass is 434 g/mol. The third-order valence-corrected chi connectivity index (χ3v) is 5.77. The fourth-order valence-electron chi connectivity index (χ4n) is 4.00. The molecule has 1 aliphatic rings. The summed E-state index contributed by atoms with van der Waals surface area (Å²) < 4.78 is 7.41. The maximum absolute atomic E-state index is 13.0. The first-order valence-electron chi connectivity index (χ1n) is 11.0. The smallest absolute Gasteiger partial charge is 0.410 e. The maximum Gasteiger partial charge on any atom is 0.410 e. The Hall–Kier alpha value is -3.35. The van der Waals surface area contributed by atoms with Gasteiger partial charge in [-0.15, -0.1) is 0 Å². The van der Waals surface area contributed by atoms with Gasteiger partial charge >= 0.3 is 6.09 Å². The molecule has 0 spiro atoms. The molecule has 2 heterocycles. The summed E-state index contributed by atoms with van der Waals surface area (Å²) in [4.78, 5) is 28.7. The molecule has 7 nitrogen and oxygen atoms in total. The Balaban J connectivity index is 1.38. The molecule has 0 radical (unpaired) electrons. The number of benzene rings is 2. The molecule has 2 aromatic carbocycles. The first-order valence-corrected chi connectivity index (χ1v) is 11.0. The number of amides is 2. The number of ether oxygens (including phenoxy) is 1. The van der Waals surface area contributed by atoms with Crippen molar-refractivity contribution in [1.29, 1.82) is 0 Å². The highest BCUT2D eigenvalue weighted by Crippen LogP contribution is 2.20. The summed E-state index contributed by atoms with van der Waals surface area (Å²) in [7, 11) is 1.80. The zero-order valence-corrected chi connectivity index (χ0v) is 19.1. The van der Waals surface area contributed by atoms with Crippen molar-refractivity contribution in [2.45, 2.75) is 45.4 Å². The van der Waals surface area contributed by atoms with Gasteiger partial charge in [-0.3, -0.25) is 9.48 Å². The predicted octanol–water partition coefficient (Wildman–Crippen LogP) is 4.17. The molecular weight excluding hydrogens is 404 g/mol. The number of carbonyl (C=O) groups is 2. The third kappa shape index (κ3) is 4.77. The molecule has 1 fully saturated rings. The zero-order valence-electron chi connectivity index (χ0n) is 19.1. The Morgan fingerprint density at radius 3 is 2.56 bits per heavy atom. The predicted molar refractivity (Wildman–Crippen MR) is 124 cm³/mol. The number of likely N-dealkylation sites (tertiary alicyclic amines) is 1. The van der Waals surface area contributed by atoms with E-state index in [1.54, 1.807) is 16.8 Å². The SMILES string of the molecule is CN(C(=O)c1ccc(Cn2ncc3ccccc32)cc1)C1CCN(C(=O)OC(C)(C)C)C1. The molecule has 1 aliphatic heterocycles. The second-order valence-corrected chi connectivity index (χ2v) is 9.34. The number of hydrogen-bond donors (Lipinski definition) is 0. The average molecular weight is 435 g/mol. The highest BCUT2D eigenvalue weighted by Gasteiger charge is 2.33. The molecule has 0 bridgehead atoms. The molecule has 1 aromatic heterocycles. The van der Waals surface area contributed by atoms with E-state index in [9.17, 15) is 9.59 Å². The highest BCUT2D eigenvalue weighted by molar-refractivity contribution is 5.94. The van der Waals surface area contributed by atoms with Crippen LogP contribution >= 0.6 is 0 Å². The Labute approximate surface area is 188 Å². The molecule has 0 aliphatic carbocycles. The lowest BCUT2D eigenvalue weighted by Crippen LogP contribution is -2.41. The minimum absolute atomic E-state index is 0.0230. The lowest BCUT2D eigenvalue weighted by atomic mass is 10.1. The summed E-state index contributed by atoms with van der Waals surface area (Å²) in [5.74, 6) is -0.0443. The minimum Gasteiger partial charge on any atom is -0.444 e. The number of likely N-dealkylation sites (N-methyl/N-ethyl adjacent to an activating group) is 1. The van der Waals surface area contributed by atoms with Crippen LogP contribution in [0.25, 0.3) is 10.9 Å². The van der Waals surface area contributed by atoms with E-state index in [2.05, 4.69) is 11.2 Å². The van der Waals surface area contributed by atoms with Gasteiger partial charge in [-0.05, 0) is 51.0 Å². The van der Waals surface area contributed by atoms with E-state index in [4.69, 9.17) is 4.74 Å². The fraction of sp³-hybridized carbons (Fsp3) is 0.400. The molecule has 0 N–H and O–H groups in total. The van der Waals surface area contributed by atoms with Crippen LogP contribution in [0.4, 0.5) is 4.79 Å². The first kappa shape index (κ1) is 21.9. The summed E-state index contributed by atoms with van der Waals surface area (Å²) in [6.45, 7) is 7.28. The van der Waals surface area contributed by atoms with Gasteiger partial charge < -0.3 is 14.5 Å². The molecule has 168 valence electrons. The minimum atomic E-state index is -0.527. The van der Waals surface area contributed by atoms with Gasteiger partial charge in [-0.2, -0.15) is 5.10 Å². The van der Waals surface area contributed by atoms with Crippen LogP contribution in [0.1, 0.15) is 43.1 Å². The Bertz CT molecular complexity index is 1110. The second-order valence-electron chi connectivity index (χ2n) is 9.34. The lowest BCUT2D eigenvalue weighted by Gasteiger charge is -2.27. The quantitative estimate of drug-likeness (QED) is 0.618. The first-order chi connectivity index (χ1) is 15.2. The van der Waals surface area contributed by atoms with Gasteiger partial charge in [0.15, 0.2) is 0 Å². The topological polar surface area (TPSA) is 67.7 Å². The number of carbonyl (C=O) groups excluding carboxylic acids is 2. The molecule has 32 heavy (non-hydrogen) atoms. The van der Waals surface area contributed by atoms with E-state index >= 15 is 0 Å². The molecule has 7 heteroatoms. The molecule has 2 amide bonds. The van der Waals surface area contributed by atoms with E-state index in [1.165, 1.54) is 0 Å². The molecule has 3 aromatic rings. The molecule has 4 rings (SSSR count). The van der Waals surface area contributed by atoms with E-state index in [0.717, 1.165) is 22.9 Å². The van der Waals surface area contributed by atoms with Crippen molar-refractivity contribution >= 4 is 22.9 Å². The van der Waals surface area contributed by atoms with Gasteiger partial charge in [0.05, 0.1) is 24.3 Å².